The van der Waals surface area contributed by atoms with Crippen molar-refractivity contribution in [3.8, 4) is 5.75 Å². The second kappa shape index (κ2) is 5.90. The lowest BCUT2D eigenvalue weighted by Gasteiger charge is -2.06. The normalized spacial score (nSPS) is 9.67. The zero-order valence-corrected chi connectivity index (χ0v) is 8.82. The third kappa shape index (κ3) is 4.35. The summed E-state index contributed by atoms with van der Waals surface area (Å²) in [5.41, 5.74) is 6.24. The number of amides is 1. The van der Waals surface area contributed by atoms with Gasteiger partial charge in [0, 0.05) is 18.3 Å². The van der Waals surface area contributed by atoms with Gasteiger partial charge in [0.25, 0.3) is 0 Å². The highest BCUT2D eigenvalue weighted by molar-refractivity contribution is 5.75. The van der Waals surface area contributed by atoms with E-state index in [0.29, 0.717) is 31.0 Å². The van der Waals surface area contributed by atoms with Crippen LogP contribution in [0.1, 0.15) is 13.3 Å². The van der Waals surface area contributed by atoms with Crippen LogP contribution in [0.5, 0.6) is 5.75 Å². The van der Waals surface area contributed by atoms with Crippen molar-refractivity contribution in [1.82, 2.24) is 5.32 Å². The maximum Gasteiger partial charge on any atom is 0.223 e. The molecule has 3 N–H and O–H groups in total. The molecule has 0 bridgehead atoms. The predicted octanol–water partition coefficient (Wildman–Crippen LogP) is 1.17. The Bertz CT molecular complexity index is 326. The number of hydrogen-bond acceptors (Lipinski definition) is 3. The van der Waals surface area contributed by atoms with E-state index in [2.05, 4.69) is 5.32 Å². The molecule has 0 atom stereocenters. The summed E-state index contributed by atoms with van der Waals surface area (Å²) < 4.78 is 5.36. The Kier molecular flexibility index (Phi) is 4.47. The Labute approximate surface area is 89.4 Å². The van der Waals surface area contributed by atoms with Crippen LogP contribution in [0.3, 0.4) is 0 Å². The number of hydrogen-bond donors (Lipinski definition) is 2. The van der Waals surface area contributed by atoms with Gasteiger partial charge in [-0.15, -0.1) is 0 Å². The van der Waals surface area contributed by atoms with Crippen LogP contribution in [-0.2, 0) is 4.79 Å². The van der Waals surface area contributed by atoms with Gasteiger partial charge in [-0.2, -0.15) is 0 Å². The number of ether oxygens (including phenoxy) is 1. The minimum Gasteiger partial charge on any atom is -0.493 e. The molecule has 0 radical (unpaired) electrons. The monoisotopic (exact) mass is 208 g/mol. The van der Waals surface area contributed by atoms with Crippen molar-refractivity contribution < 1.29 is 9.53 Å². The standard InChI is InChI=1S/C11H16N2O2/c1-2-13-11(14)6-7-15-10-5-3-4-9(12)8-10/h3-5,8H,2,6-7,12H2,1H3,(H,13,14). The van der Waals surface area contributed by atoms with Crippen LogP contribution in [0.25, 0.3) is 0 Å². The van der Waals surface area contributed by atoms with E-state index in [1.165, 1.54) is 0 Å². The van der Waals surface area contributed by atoms with E-state index in [4.69, 9.17) is 10.5 Å². The van der Waals surface area contributed by atoms with Crippen molar-refractivity contribution in [3.63, 3.8) is 0 Å². The van der Waals surface area contributed by atoms with Crippen LogP contribution in [0.2, 0.25) is 0 Å². The lowest BCUT2D eigenvalue weighted by Crippen LogP contribution is -2.24. The smallest absolute Gasteiger partial charge is 0.223 e. The van der Waals surface area contributed by atoms with E-state index in [9.17, 15) is 4.79 Å². The van der Waals surface area contributed by atoms with Gasteiger partial charge in [0.1, 0.15) is 5.75 Å². The number of nitrogens with one attached hydrogen (secondary N) is 1. The minimum atomic E-state index is 0.00130. The zero-order valence-electron chi connectivity index (χ0n) is 8.82. The number of anilines is 1. The van der Waals surface area contributed by atoms with Crippen molar-refractivity contribution in [2.24, 2.45) is 0 Å². The Hall–Kier alpha value is -1.71. The highest BCUT2D eigenvalue weighted by atomic mass is 16.5. The molecule has 0 unspecified atom stereocenters. The van der Waals surface area contributed by atoms with E-state index in [1.54, 1.807) is 12.1 Å². The van der Waals surface area contributed by atoms with Gasteiger partial charge in [-0.25, -0.2) is 0 Å². The fraction of sp³-hybridized carbons (Fsp3) is 0.364. The summed E-state index contributed by atoms with van der Waals surface area (Å²) in [6.07, 6.45) is 0.364. The topological polar surface area (TPSA) is 64.3 Å². The molecule has 82 valence electrons. The predicted molar refractivity (Wildman–Crippen MR) is 59.7 cm³/mol. The van der Waals surface area contributed by atoms with Crippen molar-refractivity contribution in [2.45, 2.75) is 13.3 Å². The molecule has 0 aromatic heterocycles. The third-order valence-electron chi connectivity index (χ3n) is 1.83. The van der Waals surface area contributed by atoms with Gasteiger partial charge in [-0.1, -0.05) is 6.07 Å². The lowest BCUT2D eigenvalue weighted by atomic mass is 10.3. The summed E-state index contributed by atoms with van der Waals surface area (Å²) in [4.78, 5) is 11.1. The molecule has 1 aromatic carbocycles. The number of nitrogens with two attached hydrogens (primary N) is 1. The van der Waals surface area contributed by atoms with Crippen LogP contribution in [0.4, 0.5) is 5.69 Å². The summed E-state index contributed by atoms with van der Waals surface area (Å²) in [6.45, 7) is 2.91. The van der Waals surface area contributed by atoms with Crippen molar-refractivity contribution in [3.05, 3.63) is 24.3 Å². The number of carbonyl (C=O) groups excluding carboxylic acids is 1. The van der Waals surface area contributed by atoms with E-state index >= 15 is 0 Å². The van der Waals surface area contributed by atoms with Crippen LogP contribution in [0, 0.1) is 0 Å². The summed E-state index contributed by atoms with van der Waals surface area (Å²) in [6, 6.07) is 7.15. The highest BCUT2D eigenvalue weighted by Crippen LogP contribution is 2.14. The molecule has 0 aliphatic heterocycles. The second-order valence-electron chi connectivity index (χ2n) is 3.12. The van der Waals surface area contributed by atoms with E-state index < -0.39 is 0 Å². The number of carbonyl (C=O) groups is 1. The molecule has 0 aliphatic carbocycles. The number of nitrogen functional groups attached to an aromatic ring is 1. The molecule has 0 heterocycles. The van der Waals surface area contributed by atoms with Crippen LogP contribution < -0.4 is 15.8 Å². The molecule has 1 amide bonds. The fourth-order valence-electron chi connectivity index (χ4n) is 1.15. The maximum absolute atomic E-state index is 11.1. The maximum atomic E-state index is 11.1. The largest absolute Gasteiger partial charge is 0.493 e. The lowest BCUT2D eigenvalue weighted by molar-refractivity contribution is -0.121. The molecule has 0 saturated carbocycles. The van der Waals surface area contributed by atoms with Crippen LogP contribution in [-0.4, -0.2) is 19.1 Å². The Morgan fingerprint density at radius 1 is 1.53 bits per heavy atom. The summed E-state index contributed by atoms with van der Waals surface area (Å²) in [5.74, 6) is 0.695. The van der Waals surface area contributed by atoms with Gasteiger partial charge in [-0.05, 0) is 19.1 Å². The molecule has 4 nitrogen and oxygen atoms in total. The first-order valence-electron chi connectivity index (χ1n) is 4.97. The first kappa shape index (κ1) is 11.4. The van der Waals surface area contributed by atoms with E-state index in [0.717, 1.165) is 0 Å². The van der Waals surface area contributed by atoms with Crippen molar-refractivity contribution in [1.29, 1.82) is 0 Å². The third-order valence-corrected chi connectivity index (χ3v) is 1.83. The first-order valence-corrected chi connectivity index (χ1v) is 4.97. The molecule has 1 aromatic rings. The fourth-order valence-corrected chi connectivity index (χ4v) is 1.15. The van der Waals surface area contributed by atoms with E-state index in [-0.39, 0.29) is 5.91 Å². The SMILES string of the molecule is CCNC(=O)CCOc1cccc(N)c1. The second-order valence-corrected chi connectivity index (χ2v) is 3.12. The van der Waals surface area contributed by atoms with Gasteiger partial charge < -0.3 is 15.8 Å². The van der Waals surface area contributed by atoms with Gasteiger partial charge in [0.2, 0.25) is 5.91 Å². The average molecular weight is 208 g/mol. The molecular formula is C11H16N2O2. The summed E-state index contributed by atoms with van der Waals surface area (Å²) in [5, 5.41) is 2.70. The summed E-state index contributed by atoms with van der Waals surface area (Å²) >= 11 is 0. The molecule has 0 aliphatic rings. The first-order chi connectivity index (χ1) is 7.22. The zero-order chi connectivity index (χ0) is 11.1. The van der Waals surface area contributed by atoms with Gasteiger partial charge in [0.05, 0.1) is 13.0 Å². The molecular weight excluding hydrogens is 192 g/mol. The Morgan fingerprint density at radius 2 is 2.33 bits per heavy atom. The molecule has 0 fully saturated rings. The van der Waals surface area contributed by atoms with Gasteiger partial charge in [0.15, 0.2) is 0 Å². The number of rotatable bonds is 5. The van der Waals surface area contributed by atoms with Crippen molar-refractivity contribution >= 4 is 11.6 Å². The highest BCUT2D eigenvalue weighted by Gasteiger charge is 1.99. The molecule has 0 spiro atoms. The molecule has 15 heavy (non-hydrogen) atoms. The Balaban J connectivity index is 2.28. The molecule has 4 heteroatoms. The van der Waals surface area contributed by atoms with Gasteiger partial charge in [-0.3, -0.25) is 4.79 Å². The molecule has 1 rings (SSSR count). The van der Waals surface area contributed by atoms with Crippen LogP contribution in [0.15, 0.2) is 24.3 Å². The van der Waals surface area contributed by atoms with Crippen LogP contribution >= 0.6 is 0 Å². The quantitative estimate of drug-likeness (QED) is 0.714. The Morgan fingerprint density at radius 3 is 3.00 bits per heavy atom. The minimum absolute atomic E-state index is 0.00130. The average Bonchev–Trinajstić information content (AvgIpc) is 2.18. The van der Waals surface area contributed by atoms with Gasteiger partial charge >= 0.3 is 0 Å². The van der Waals surface area contributed by atoms with Crippen molar-refractivity contribution in [2.75, 3.05) is 18.9 Å². The van der Waals surface area contributed by atoms with E-state index in [1.807, 2.05) is 19.1 Å². The summed E-state index contributed by atoms with van der Waals surface area (Å²) in [7, 11) is 0. The number of benzene rings is 1. The molecule has 0 saturated heterocycles.